The molecule has 1 saturated heterocycles. The maximum absolute atomic E-state index is 7.35. The molecule has 2 heterocycles. The van der Waals surface area contributed by atoms with Crippen LogP contribution in [0.25, 0.3) is 0 Å². The third kappa shape index (κ3) is 6.71. The number of allylic oxidation sites excluding steroid dienone is 10. The van der Waals surface area contributed by atoms with Gasteiger partial charge in [-0.2, -0.15) is 0 Å². The van der Waals surface area contributed by atoms with Crippen LogP contribution in [0, 0.1) is 52.3 Å². The number of hydrogen-bond donors (Lipinski definition) is 1. The van der Waals surface area contributed by atoms with Crippen molar-refractivity contribution in [3.8, 4) is 0 Å². The van der Waals surface area contributed by atoms with E-state index >= 15 is 0 Å². The fourth-order valence-electron chi connectivity index (χ4n) is 14.2. The second-order valence-electron chi connectivity index (χ2n) is 19.6. The molecule has 1 aromatic rings. The fourth-order valence-corrected chi connectivity index (χ4v) is 14.2. The second kappa shape index (κ2) is 15.9. The predicted molar refractivity (Wildman–Crippen MR) is 228 cm³/mol. The monoisotopic (exact) mass is 742 g/mol. The molecule has 2 saturated carbocycles. The lowest BCUT2D eigenvalue weighted by atomic mass is 9.41. The number of aliphatic imine (C=N–C) groups is 1. The number of nitrogens with one attached hydrogen (secondary N) is 1. The van der Waals surface area contributed by atoms with E-state index in [0.717, 1.165) is 6.42 Å². The van der Waals surface area contributed by atoms with Crippen molar-refractivity contribution < 1.29 is 4.74 Å². The lowest BCUT2D eigenvalue weighted by Gasteiger charge is -2.62. The smallest absolute Gasteiger partial charge is 0.129 e. The van der Waals surface area contributed by atoms with Gasteiger partial charge in [0.2, 0.25) is 0 Å². The van der Waals surface area contributed by atoms with Crippen LogP contribution in [0.3, 0.4) is 0 Å². The summed E-state index contributed by atoms with van der Waals surface area (Å²) in [7, 11) is 2.35. The van der Waals surface area contributed by atoms with Gasteiger partial charge in [-0.25, -0.2) is 4.99 Å². The van der Waals surface area contributed by atoms with Crippen molar-refractivity contribution in [2.75, 3.05) is 7.05 Å². The van der Waals surface area contributed by atoms with Gasteiger partial charge in [0.15, 0.2) is 0 Å². The van der Waals surface area contributed by atoms with Crippen LogP contribution in [0.5, 0.6) is 0 Å². The Kier molecular flexibility index (Phi) is 11.0. The number of amidine groups is 1. The maximum Gasteiger partial charge on any atom is 0.129 e. The van der Waals surface area contributed by atoms with Crippen molar-refractivity contribution in [3.05, 3.63) is 95.6 Å². The Morgan fingerprint density at radius 1 is 0.855 bits per heavy atom. The van der Waals surface area contributed by atoms with Crippen molar-refractivity contribution in [3.63, 3.8) is 0 Å². The van der Waals surface area contributed by atoms with Gasteiger partial charge in [0.1, 0.15) is 12.0 Å². The van der Waals surface area contributed by atoms with Gasteiger partial charge in [-0.1, -0.05) is 124 Å². The SMILES string of the molecule is CC1C=CCCC1C1=NC(c2ccccc2)NC(C2CCC=C(C3CC=CC(C4(C5=CCCC=C5)C5CCCCC5C(C)OC5CCCCC54C)C3)C2)N1C. The van der Waals surface area contributed by atoms with Gasteiger partial charge in [-0.05, 0) is 137 Å². The molecule has 2 aliphatic heterocycles. The van der Waals surface area contributed by atoms with E-state index in [-0.39, 0.29) is 23.2 Å². The van der Waals surface area contributed by atoms with E-state index in [4.69, 9.17) is 9.73 Å². The highest BCUT2D eigenvalue weighted by Crippen LogP contribution is 2.69. The summed E-state index contributed by atoms with van der Waals surface area (Å²) in [6.45, 7) is 7.59. The quantitative estimate of drug-likeness (QED) is 0.295. The first kappa shape index (κ1) is 37.9. The van der Waals surface area contributed by atoms with Crippen LogP contribution in [-0.2, 0) is 4.74 Å². The number of hydrogen-bond acceptors (Lipinski definition) is 4. The third-order valence-electron chi connectivity index (χ3n) is 16.8. The molecule has 0 aromatic heterocycles. The molecular formula is C51H71N3O. The number of nitrogens with zero attached hydrogens (tertiary/aromatic N) is 2. The molecule has 4 heteroatoms. The van der Waals surface area contributed by atoms with E-state index < -0.39 is 0 Å². The average molecular weight is 742 g/mol. The van der Waals surface area contributed by atoms with Gasteiger partial charge >= 0.3 is 0 Å². The van der Waals surface area contributed by atoms with Gasteiger partial charge in [0, 0.05) is 23.8 Å². The zero-order chi connectivity index (χ0) is 37.6. The molecule has 13 atom stereocenters. The van der Waals surface area contributed by atoms with E-state index in [1.54, 1.807) is 11.1 Å². The van der Waals surface area contributed by atoms with E-state index in [1.807, 2.05) is 0 Å². The first-order valence-electron chi connectivity index (χ1n) is 23.0. The summed E-state index contributed by atoms with van der Waals surface area (Å²) in [5, 5.41) is 4.13. The van der Waals surface area contributed by atoms with E-state index in [1.165, 1.54) is 114 Å². The number of ether oxygens (including phenoxy) is 1. The normalized spacial score (nSPS) is 43.4. The van der Waals surface area contributed by atoms with Crippen LogP contribution in [-0.4, -0.2) is 36.2 Å². The van der Waals surface area contributed by atoms with Gasteiger partial charge in [0.05, 0.1) is 18.4 Å². The minimum Gasteiger partial charge on any atom is -0.374 e. The maximum atomic E-state index is 7.35. The summed E-state index contributed by atoms with van der Waals surface area (Å²) >= 11 is 0. The Bertz CT molecular complexity index is 1700. The van der Waals surface area contributed by atoms with Crippen LogP contribution in [0.1, 0.15) is 142 Å². The van der Waals surface area contributed by atoms with Crippen LogP contribution in [0.15, 0.2) is 95.1 Å². The molecule has 0 amide bonds. The molecule has 8 aliphatic rings. The Morgan fingerprint density at radius 3 is 2.55 bits per heavy atom. The molecule has 1 N–H and O–H groups in total. The van der Waals surface area contributed by atoms with Crippen molar-refractivity contribution >= 4 is 5.84 Å². The summed E-state index contributed by atoms with van der Waals surface area (Å²) in [6.07, 6.45) is 43.4. The Labute approximate surface area is 334 Å². The molecule has 3 fully saturated rings. The topological polar surface area (TPSA) is 36.9 Å². The van der Waals surface area contributed by atoms with Gasteiger partial charge in [0.25, 0.3) is 0 Å². The molecule has 9 rings (SSSR count). The standard InChI is InChI=1S/C51H71N3O/c1-35-19-11-12-28-43(35)49-53-47(37-20-7-5-8-21-37)52-48(54(49)4)40-24-17-22-38(33-40)39-23-18-27-42(34-39)51(41-25-9-6-10-26-41)45-30-14-13-29-44(45)36(2)55-46-31-15-16-32-50(46,51)3/h5,7-9,11,18-22,25-27,35-36,39-40,42-48,52H,6,10,12-17,23-24,28-34H2,1-4H3. The summed E-state index contributed by atoms with van der Waals surface area (Å²) in [6, 6.07) is 11.0. The first-order valence-corrected chi connectivity index (χ1v) is 23.0. The molecule has 4 nitrogen and oxygen atoms in total. The molecule has 0 radical (unpaired) electrons. The van der Waals surface area contributed by atoms with Crippen molar-refractivity contribution in [1.82, 2.24) is 10.2 Å². The molecule has 296 valence electrons. The molecule has 6 aliphatic carbocycles. The van der Waals surface area contributed by atoms with Crippen LogP contribution >= 0.6 is 0 Å². The number of benzene rings is 1. The van der Waals surface area contributed by atoms with Gasteiger partial charge in [-0.3, -0.25) is 5.32 Å². The first-order chi connectivity index (χ1) is 26.9. The predicted octanol–water partition coefficient (Wildman–Crippen LogP) is 12.3. The van der Waals surface area contributed by atoms with Crippen LogP contribution < -0.4 is 5.32 Å². The molecule has 13 unspecified atom stereocenters. The summed E-state index contributed by atoms with van der Waals surface area (Å²) in [5.74, 6) is 5.39. The number of fused-ring (bicyclic) bond motifs is 2. The largest absolute Gasteiger partial charge is 0.374 e. The third-order valence-corrected chi connectivity index (χ3v) is 16.8. The minimum absolute atomic E-state index is 0.0102. The van der Waals surface area contributed by atoms with E-state index in [9.17, 15) is 0 Å². The minimum atomic E-state index is 0.0102. The van der Waals surface area contributed by atoms with Gasteiger partial charge in [-0.15, -0.1) is 0 Å². The Hall–Kier alpha value is -2.69. The zero-order valence-corrected chi connectivity index (χ0v) is 34.7. The highest BCUT2D eigenvalue weighted by atomic mass is 16.5. The summed E-state index contributed by atoms with van der Waals surface area (Å²) in [5.41, 5.74) is 5.01. The van der Waals surface area contributed by atoms with Crippen molar-refractivity contribution in [1.29, 1.82) is 0 Å². The van der Waals surface area contributed by atoms with Crippen molar-refractivity contribution in [2.24, 2.45) is 57.2 Å². The Balaban J connectivity index is 1.04. The second-order valence-corrected chi connectivity index (χ2v) is 19.6. The number of rotatable bonds is 6. The molecule has 55 heavy (non-hydrogen) atoms. The summed E-state index contributed by atoms with van der Waals surface area (Å²) < 4.78 is 7.35. The summed E-state index contributed by atoms with van der Waals surface area (Å²) in [4.78, 5) is 8.10. The van der Waals surface area contributed by atoms with E-state index in [2.05, 4.69) is 117 Å². The van der Waals surface area contributed by atoms with E-state index in [0.29, 0.717) is 53.6 Å². The molecule has 0 bridgehead atoms. The van der Waals surface area contributed by atoms with Gasteiger partial charge < -0.3 is 9.64 Å². The van der Waals surface area contributed by atoms with Crippen LogP contribution in [0.2, 0.25) is 0 Å². The Morgan fingerprint density at radius 2 is 1.71 bits per heavy atom. The lowest BCUT2D eigenvalue weighted by molar-refractivity contribution is -0.132. The fraction of sp³-hybridized carbons (Fsp3) is 0.667. The average Bonchev–Trinajstić information content (AvgIpc) is 3.32. The highest BCUT2D eigenvalue weighted by molar-refractivity contribution is 5.86. The van der Waals surface area contributed by atoms with Crippen molar-refractivity contribution in [2.45, 2.75) is 154 Å². The molecule has 0 spiro atoms. The zero-order valence-electron chi connectivity index (χ0n) is 34.7. The van der Waals surface area contributed by atoms with Crippen LogP contribution in [0.4, 0.5) is 0 Å². The molecular weight excluding hydrogens is 671 g/mol. The highest BCUT2D eigenvalue weighted by Gasteiger charge is 2.65. The lowest BCUT2D eigenvalue weighted by Crippen LogP contribution is -2.58. The molecule has 1 aromatic carbocycles.